The lowest BCUT2D eigenvalue weighted by molar-refractivity contribution is -0.0720. The smallest absolute Gasteiger partial charge is 0.221 e. The first kappa shape index (κ1) is 12.2. The van der Waals surface area contributed by atoms with Crippen LogP contribution in [0.1, 0.15) is 6.42 Å². The standard InChI is InChI=1S/C9H16N4O4/c10-5-1-2-13(9(11)12-5)8-7(16)6(15)4(3-14)17-8/h4,6-8,14-16H,1-3H2,(H3,10,11,12)/t4-,6-,7-,8?/m1/s1. The monoisotopic (exact) mass is 244 g/mol. The number of nitrogens with two attached hydrogens (primary N) is 1. The number of nitrogens with zero attached hydrogens (tertiary/aromatic N) is 2. The van der Waals surface area contributed by atoms with Crippen molar-refractivity contribution < 1.29 is 20.1 Å². The summed E-state index contributed by atoms with van der Waals surface area (Å²) in [6, 6.07) is 0. The molecule has 1 fully saturated rings. The summed E-state index contributed by atoms with van der Waals surface area (Å²) in [5.74, 6) is 0.251. The molecule has 2 aliphatic rings. The summed E-state index contributed by atoms with van der Waals surface area (Å²) in [5, 5.41) is 36.0. The number of rotatable bonds is 2. The molecule has 0 aromatic carbocycles. The molecule has 2 rings (SSSR count). The third kappa shape index (κ3) is 2.12. The lowest BCUT2D eigenvalue weighted by Gasteiger charge is -2.32. The molecule has 0 aromatic rings. The van der Waals surface area contributed by atoms with Crippen LogP contribution in [0.2, 0.25) is 0 Å². The summed E-state index contributed by atoms with van der Waals surface area (Å²) in [4.78, 5) is 5.20. The van der Waals surface area contributed by atoms with Gasteiger partial charge in [0.15, 0.2) is 6.23 Å². The molecule has 0 spiro atoms. The molecule has 8 heteroatoms. The number of hydrogen-bond acceptors (Lipinski definition) is 6. The van der Waals surface area contributed by atoms with E-state index in [1.807, 2.05) is 0 Å². The average Bonchev–Trinajstić information content (AvgIpc) is 2.57. The Kier molecular flexibility index (Phi) is 3.29. The molecule has 0 aliphatic carbocycles. The van der Waals surface area contributed by atoms with Gasteiger partial charge in [-0.25, -0.2) is 4.99 Å². The van der Waals surface area contributed by atoms with Gasteiger partial charge in [-0.05, 0) is 0 Å². The first-order valence-corrected chi connectivity index (χ1v) is 5.35. The Bertz CT molecular complexity index is 348. The first-order valence-electron chi connectivity index (χ1n) is 5.35. The van der Waals surface area contributed by atoms with Crippen LogP contribution >= 0.6 is 0 Å². The van der Waals surface area contributed by atoms with Gasteiger partial charge in [0, 0.05) is 13.0 Å². The Morgan fingerprint density at radius 2 is 2.18 bits per heavy atom. The summed E-state index contributed by atoms with van der Waals surface area (Å²) in [6.45, 7) is 0.00205. The van der Waals surface area contributed by atoms with E-state index in [2.05, 4.69) is 4.99 Å². The van der Waals surface area contributed by atoms with Gasteiger partial charge in [-0.3, -0.25) is 5.41 Å². The van der Waals surface area contributed by atoms with Crippen LogP contribution in [0.25, 0.3) is 0 Å². The fourth-order valence-electron chi connectivity index (χ4n) is 1.98. The summed E-state index contributed by atoms with van der Waals surface area (Å²) < 4.78 is 5.31. The Morgan fingerprint density at radius 1 is 1.47 bits per heavy atom. The van der Waals surface area contributed by atoms with Gasteiger partial charge in [0.1, 0.15) is 24.1 Å². The number of amidine groups is 1. The molecule has 0 bridgehead atoms. The molecule has 2 aliphatic heterocycles. The van der Waals surface area contributed by atoms with Gasteiger partial charge in [0.05, 0.1) is 6.61 Å². The van der Waals surface area contributed by atoms with Gasteiger partial charge in [-0.1, -0.05) is 0 Å². The quantitative estimate of drug-likeness (QED) is 0.362. The van der Waals surface area contributed by atoms with Crippen LogP contribution in [0.5, 0.6) is 0 Å². The highest BCUT2D eigenvalue weighted by Crippen LogP contribution is 2.25. The zero-order valence-corrected chi connectivity index (χ0v) is 9.15. The number of aliphatic hydroxyl groups excluding tert-OH is 3. The SMILES string of the molecule is N=C1N=C(N)CCN1C1O[C@H](CO)[C@@H](O)[C@H]1O. The predicted molar refractivity (Wildman–Crippen MR) is 58.4 cm³/mol. The zero-order chi connectivity index (χ0) is 12.6. The molecule has 1 saturated heterocycles. The molecular weight excluding hydrogens is 228 g/mol. The van der Waals surface area contributed by atoms with Gasteiger partial charge in [-0.2, -0.15) is 0 Å². The maximum absolute atomic E-state index is 9.79. The highest BCUT2D eigenvalue weighted by Gasteiger charge is 2.46. The number of aliphatic hydroxyl groups is 3. The van der Waals surface area contributed by atoms with E-state index in [9.17, 15) is 10.2 Å². The number of ether oxygens (including phenoxy) is 1. The molecule has 0 radical (unpaired) electrons. The fourth-order valence-corrected chi connectivity index (χ4v) is 1.98. The maximum atomic E-state index is 9.79. The van der Waals surface area contributed by atoms with Crippen molar-refractivity contribution in [1.29, 1.82) is 5.41 Å². The molecule has 4 atom stereocenters. The topological polar surface area (TPSA) is 135 Å². The summed E-state index contributed by atoms with van der Waals surface area (Å²) in [5.41, 5.74) is 5.49. The van der Waals surface area contributed by atoms with E-state index >= 15 is 0 Å². The third-order valence-corrected chi connectivity index (χ3v) is 2.95. The van der Waals surface area contributed by atoms with E-state index in [-0.39, 0.29) is 12.6 Å². The van der Waals surface area contributed by atoms with Crippen LogP contribution in [-0.2, 0) is 4.74 Å². The van der Waals surface area contributed by atoms with Crippen LogP contribution in [0.15, 0.2) is 4.99 Å². The van der Waals surface area contributed by atoms with Crippen molar-refractivity contribution in [1.82, 2.24) is 4.90 Å². The molecule has 2 heterocycles. The minimum absolute atomic E-state index is 0.108. The molecular formula is C9H16N4O4. The minimum Gasteiger partial charge on any atom is -0.394 e. The van der Waals surface area contributed by atoms with Crippen molar-refractivity contribution in [2.24, 2.45) is 10.7 Å². The Balaban J connectivity index is 2.11. The average molecular weight is 244 g/mol. The first-order chi connectivity index (χ1) is 8.04. The number of nitrogens with one attached hydrogen (secondary N) is 1. The lowest BCUT2D eigenvalue weighted by Crippen LogP contribution is -2.50. The second-order valence-electron chi connectivity index (χ2n) is 4.10. The normalized spacial score (nSPS) is 38.4. The summed E-state index contributed by atoms with van der Waals surface area (Å²) >= 11 is 0. The van der Waals surface area contributed by atoms with Crippen LogP contribution in [-0.4, -0.2) is 69.7 Å². The van der Waals surface area contributed by atoms with Gasteiger partial charge >= 0.3 is 0 Å². The predicted octanol–water partition coefficient (Wildman–Crippen LogP) is -2.58. The number of aliphatic imine (C=N–C) groups is 1. The van der Waals surface area contributed by atoms with E-state index in [1.165, 1.54) is 4.90 Å². The Morgan fingerprint density at radius 3 is 2.71 bits per heavy atom. The fraction of sp³-hybridized carbons (Fsp3) is 0.778. The van der Waals surface area contributed by atoms with Gasteiger partial charge in [0.25, 0.3) is 0 Å². The largest absolute Gasteiger partial charge is 0.394 e. The highest BCUT2D eigenvalue weighted by atomic mass is 16.6. The number of guanidine groups is 1. The van der Waals surface area contributed by atoms with Crippen LogP contribution in [0.4, 0.5) is 0 Å². The van der Waals surface area contributed by atoms with E-state index in [1.54, 1.807) is 0 Å². The van der Waals surface area contributed by atoms with Gasteiger partial charge in [-0.15, -0.1) is 0 Å². The molecule has 17 heavy (non-hydrogen) atoms. The molecule has 0 saturated carbocycles. The molecule has 8 nitrogen and oxygen atoms in total. The Labute approximate surface area is 97.8 Å². The summed E-state index contributed by atoms with van der Waals surface area (Å²) in [7, 11) is 0. The lowest BCUT2D eigenvalue weighted by atomic mass is 10.1. The molecule has 0 amide bonds. The van der Waals surface area contributed by atoms with Gasteiger partial charge in [0.2, 0.25) is 5.96 Å². The van der Waals surface area contributed by atoms with E-state index < -0.39 is 24.5 Å². The molecule has 96 valence electrons. The maximum Gasteiger partial charge on any atom is 0.221 e. The Hall–Kier alpha value is -1.22. The highest BCUT2D eigenvalue weighted by molar-refractivity contribution is 5.96. The zero-order valence-electron chi connectivity index (χ0n) is 9.15. The summed E-state index contributed by atoms with van der Waals surface area (Å²) in [6.07, 6.45) is -3.59. The van der Waals surface area contributed by atoms with Crippen molar-refractivity contribution in [3.05, 3.63) is 0 Å². The molecule has 0 aromatic heterocycles. The van der Waals surface area contributed by atoms with Crippen LogP contribution in [0.3, 0.4) is 0 Å². The van der Waals surface area contributed by atoms with Crippen molar-refractivity contribution in [2.45, 2.75) is 31.0 Å². The second-order valence-corrected chi connectivity index (χ2v) is 4.10. The van der Waals surface area contributed by atoms with Crippen molar-refractivity contribution in [3.8, 4) is 0 Å². The number of hydrogen-bond donors (Lipinski definition) is 5. The van der Waals surface area contributed by atoms with Crippen molar-refractivity contribution in [2.75, 3.05) is 13.2 Å². The second kappa shape index (κ2) is 4.57. The van der Waals surface area contributed by atoms with Crippen molar-refractivity contribution >= 4 is 11.8 Å². The van der Waals surface area contributed by atoms with Crippen LogP contribution < -0.4 is 5.73 Å². The van der Waals surface area contributed by atoms with E-state index in [0.717, 1.165) is 0 Å². The third-order valence-electron chi connectivity index (χ3n) is 2.95. The van der Waals surface area contributed by atoms with Crippen LogP contribution in [0, 0.1) is 5.41 Å². The van der Waals surface area contributed by atoms with Crippen molar-refractivity contribution in [3.63, 3.8) is 0 Å². The van der Waals surface area contributed by atoms with E-state index in [4.69, 9.17) is 21.0 Å². The molecule has 6 N–H and O–H groups in total. The van der Waals surface area contributed by atoms with Gasteiger partial charge < -0.3 is 30.7 Å². The minimum atomic E-state index is -1.18. The van der Waals surface area contributed by atoms with E-state index in [0.29, 0.717) is 18.8 Å². The molecule has 1 unspecified atom stereocenters.